The lowest BCUT2D eigenvalue weighted by molar-refractivity contribution is -0.136. The second kappa shape index (κ2) is 8.26. The van der Waals surface area contributed by atoms with Crippen LogP contribution in [0.3, 0.4) is 0 Å². The van der Waals surface area contributed by atoms with Gasteiger partial charge in [-0.25, -0.2) is 9.59 Å². The first-order valence-electron chi connectivity index (χ1n) is 11.1. The average molecular weight is 431 g/mol. The molecule has 0 N–H and O–H groups in total. The highest BCUT2D eigenvalue weighted by Gasteiger charge is 2.30. The number of carbonyl (C=O) groups excluding carboxylic acids is 2. The fourth-order valence-electron chi connectivity index (χ4n) is 5.27. The van der Waals surface area contributed by atoms with Crippen molar-refractivity contribution in [3.8, 4) is 11.3 Å². The summed E-state index contributed by atoms with van der Waals surface area (Å²) in [6, 6.07) is 7.69. The van der Waals surface area contributed by atoms with E-state index in [9.17, 15) is 9.59 Å². The zero-order valence-corrected chi connectivity index (χ0v) is 18.4. The van der Waals surface area contributed by atoms with Crippen molar-refractivity contribution in [2.45, 2.75) is 44.6 Å². The second-order valence-corrected chi connectivity index (χ2v) is 8.53. The number of fused-ring (bicyclic) bond motifs is 5. The van der Waals surface area contributed by atoms with E-state index in [1.165, 1.54) is 39.0 Å². The Bertz CT molecular complexity index is 1250. The highest BCUT2D eigenvalue weighted by Crippen LogP contribution is 2.46. The van der Waals surface area contributed by atoms with Crippen molar-refractivity contribution in [1.29, 1.82) is 0 Å². The zero-order chi connectivity index (χ0) is 22.2. The quantitative estimate of drug-likeness (QED) is 0.540. The Morgan fingerprint density at radius 1 is 1.03 bits per heavy atom. The van der Waals surface area contributed by atoms with E-state index < -0.39 is 0 Å². The maximum Gasteiger partial charge on any atom is 0.337 e. The Morgan fingerprint density at radius 2 is 1.81 bits per heavy atom. The lowest BCUT2D eigenvalue weighted by atomic mass is 9.81. The third-order valence-corrected chi connectivity index (χ3v) is 6.75. The highest BCUT2D eigenvalue weighted by atomic mass is 16.5. The number of esters is 2. The number of benzene rings is 1. The van der Waals surface area contributed by atoms with Crippen molar-refractivity contribution < 1.29 is 19.1 Å². The molecule has 0 spiro atoms. The van der Waals surface area contributed by atoms with Crippen LogP contribution in [-0.4, -0.2) is 35.7 Å². The van der Waals surface area contributed by atoms with E-state index >= 15 is 0 Å². The molecule has 0 atom stereocenters. The van der Waals surface area contributed by atoms with Gasteiger partial charge in [0.05, 0.1) is 37.6 Å². The van der Waals surface area contributed by atoms with Crippen LogP contribution in [0.25, 0.3) is 28.2 Å². The molecule has 0 bridgehead atoms. The van der Waals surface area contributed by atoms with Gasteiger partial charge in [0.25, 0.3) is 0 Å². The van der Waals surface area contributed by atoms with Gasteiger partial charge in [-0.3, -0.25) is 4.98 Å². The summed E-state index contributed by atoms with van der Waals surface area (Å²) in [5.41, 5.74) is 6.33. The van der Waals surface area contributed by atoms with Crippen LogP contribution >= 0.6 is 0 Å². The highest BCUT2D eigenvalue weighted by molar-refractivity contribution is 6.02. The average Bonchev–Trinajstić information content (AvgIpc) is 3.05. The van der Waals surface area contributed by atoms with Crippen LogP contribution in [0.5, 0.6) is 0 Å². The van der Waals surface area contributed by atoms with E-state index in [4.69, 9.17) is 9.47 Å². The molecule has 3 aromatic rings. The molecule has 164 valence electrons. The van der Waals surface area contributed by atoms with Gasteiger partial charge in [-0.05, 0) is 54.2 Å². The van der Waals surface area contributed by atoms with Crippen LogP contribution in [-0.2, 0) is 20.8 Å². The lowest BCUT2D eigenvalue weighted by Crippen LogP contribution is -2.12. The Balaban J connectivity index is 1.84. The fraction of sp³-hybridized carbons (Fsp3) is 0.346. The monoisotopic (exact) mass is 430 g/mol. The molecule has 6 heteroatoms. The molecule has 32 heavy (non-hydrogen) atoms. The molecule has 1 aliphatic carbocycles. The number of nitrogens with zero attached hydrogens (tertiary/aromatic N) is 2. The van der Waals surface area contributed by atoms with Crippen molar-refractivity contribution in [3.63, 3.8) is 0 Å². The van der Waals surface area contributed by atoms with Crippen LogP contribution in [0.15, 0.2) is 42.2 Å². The van der Waals surface area contributed by atoms with Crippen LogP contribution < -0.4 is 0 Å². The first-order chi connectivity index (χ1) is 15.6. The van der Waals surface area contributed by atoms with Crippen LogP contribution in [0.1, 0.15) is 59.5 Å². The minimum Gasteiger partial charge on any atom is -0.466 e. The first kappa shape index (κ1) is 20.5. The minimum atomic E-state index is -0.374. The number of hydrogen-bond acceptors (Lipinski definition) is 5. The van der Waals surface area contributed by atoms with Gasteiger partial charge in [-0.1, -0.05) is 25.3 Å². The largest absolute Gasteiger partial charge is 0.466 e. The summed E-state index contributed by atoms with van der Waals surface area (Å²) in [6.45, 7) is 0.366. The van der Waals surface area contributed by atoms with Gasteiger partial charge in [0.2, 0.25) is 0 Å². The second-order valence-electron chi connectivity index (χ2n) is 8.53. The van der Waals surface area contributed by atoms with Crippen LogP contribution in [0, 0.1) is 0 Å². The molecule has 0 amide bonds. The Morgan fingerprint density at radius 3 is 2.56 bits per heavy atom. The van der Waals surface area contributed by atoms with E-state index in [0.717, 1.165) is 40.6 Å². The SMILES string of the molecule is COC(=O)C1=Cc2ccncc2-c2c(C3CCCCC3)c3ccc(C(=O)OC)cc3n2C1. The number of methoxy groups -OCH3 is 2. The maximum atomic E-state index is 12.6. The summed E-state index contributed by atoms with van der Waals surface area (Å²) in [5, 5.41) is 1.13. The van der Waals surface area contributed by atoms with Gasteiger partial charge >= 0.3 is 11.9 Å². The summed E-state index contributed by atoms with van der Waals surface area (Å²) in [7, 11) is 2.79. The molecule has 6 nitrogen and oxygen atoms in total. The Labute approximate surface area is 186 Å². The first-order valence-corrected chi connectivity index (χ1v) is 11.1. The molecule has 0 unspecified atom stereocenters. The molecule has 1 saturated carbocycles. The van der Waals surface area contributed by atoms with Crippen molar-refractivity contribution >= 4 is 28.9 Å². The van der Waals surface area contributed by atoms with E-state index in [2.05, 4.69) is 9.55 Å². The third-order valence-electron chi connectivity index (χ3n) is 6.75. The van der Waals surface area contributed by atoms with E-state index in [1.807, 2.05) is 36.5 Å². The predicted octanol–water partition coefficient (Wildman–Crippen LogP) is 5.11. The summed E-state index contributed by atoms with van der Waals surface area (Å²) in [5.74, 6) is -0.300. The Hall–Kier alpha value is -3.41. The van der Waals surface area contributed by atoms with Crippen molar-refractivity contribution in [2.24, 2.45) is 0 Å². The summed E-state index contributed by atoms with van der Waals surface area (Å²) < 4.78 is 12.2. The number of aromatic nitrogens is 2. The molecule has 5 rings (SSSR count). The van der Waals surface area contributed by atoms with Gasteiger partial charge in [-0.2, -0.15) is 0 Å². The molecule has 1 fully saturated rings. The van der Waals surface area contributed by atoms with Gasteiger partial charge in [0.15, 0.2) is 0 Å². The molecule has 3 heterocycles. The molecule has 2 aromatic heterocycles. The van der Waals surface area contributed by atoms with E-state index in [1.54, 1.807) is 6.20 Å². The lowest BCUT2D eigenvalue weighted by Gasteiger charge is -2.23. The maximum absolute atomic E-state index is 12.6. The van der Waals surface area contributed by atoms with Crippen molar-refractivity contribution in [1.82, 2.24) is 9.55 Å². The number of carbonyl (C=O) groups is 2. The van der Waals surface area contributed by atoms with Crippen LogP contribution in [0.2, 0.25) is 0 Å². The molecule has 1 aliphatic heterocycles. The van der Waals surface area contributed by atoms with Crippen molar-refractivity contribution in [3.05, 3.63) is 58.9 Å². The minimum absolute atomic E-state index is 0.356. The van der Waals surface area contributed by atoms with Gasteiger partial charge in [-0.15, -0.1) is 0 Å². The molecule has 0 saturated heterocycles. The van der Waals surface area contributed by atoms with Crippen LogP contribution in [0.4, 0.5) is 0 Å². The summed E-state index contributed by atoms with van der Waals surface area (Å²) >= 11 is 0. The van der Waals surface area contributed by atoms with E-state index in [0.29, 0.717) is 23.6 Å². The predicted molar refractivity (Wildman–Crippen MR) is 122 cm³/mol. The molecule has 2 aliphatic rings. The Kier molecular flexibility index (Phi) is 5.29. The molecular formula is C26H26N2O4. The van der Waals surface area contributed by atoms with Gasteiger partial charge in [0, 0.05) is 28.9 Å². The fourth-order valence-corrected chi connectivity index (χ4v) is 5.27. The summed E-state index contributed by atoms with van der Waals surface area (Å²) in [6.07, 6.45) is 11.5. The van der Waals surface area contributed by atoms with Crippen molar-refractivity contribution in [2.75, 3.05) is 14.2 Å². The smallest absolute Gasteiger partial charge is 0.337 e. The number of pyridine rings is 1. The number of rotatable bonds is 3. The number of hydrogen-bond donors (Lipinski definition) is 0. The number of ether oxygens (including phenoxy) is 2. The zero-order valence-electron chi connectivity index (χ0n) is 18.4. The third kappa shape index (κ3) is 3.30. The molecule has 0 radical (unpaired) electrons. The normalized spacial score (nSPS) is 16.0. The summed E-state index contributed by atoms with van der Waals surface area (Å²) in [4.78, 5) is 29.3. The topological polar surface area (TPSA) is 70.4 Å². The van der Waals surface area contributed by atoms with Gasteiger partial charge < -0.3 is 14.0 Å². The molecule has 1 aromatic carbocycles. The van der Waals surface area contributed by atoms with E-state index in [-0.39, 0.29) is 11.9 Å². The van der Waals surface area contributed by atoms with Gasteiger partial charge in [0.1, 0.15) is 0 Å². The standard InChI is InChI=1S/C26H26N2O4/c1-31-25(29)18-8-9-20-22(13-18)28-15-19(26(30)32-2)12-17-10-11-27-14-21(17)24(28)23(20)16-6-4-3-5-7-16/h8-14,16H,3-7,15H2,1-2H3. The molecular weight excluding hydrogens is 404 g/mol.